The number of hydrogen-bond acceptors (Lipinski definition) is 4. The third-order valence-electron chi connectivity index (χ3n) is 8.73. The number of carbonyl (C=O) groups is 1. The third kappa shape index (κ3) is 8.67. The summed E-state index contributed by atoms with van der Waals surface area (Å²) < 4.78 is 11.6. The highest BCUT2D eigenvalue weighted by atomic mass is 16.5. The predicted octanol–water partition coefficient (Wildman–Crippen LogP) is 10.2. The molecule has 2 aliphatic carbocycles. The normalized spacial score (nSPS) is 15.5. The van der Waals surface area contributed by atoms with E-state index in [1.54, 1.807) is 12.0 Å². The maximum atomic E-state index is 14.0. The lowest BCUT2D eigenvalue weighted by molar-refractivity contribution is -0.125. The number of aryl methyl sites for hydroxylation is 1. The van der Waals surface area contributed by atoms with E-state index in [9.17, 15) is 9.90 Å². The molecule has 1 N–H and O–H groups in total. The minimum Gasteiger partial charge on any atom is -0.497 e. The second-order valence-corrected chi connectivity index (χ2v) is 11.8. The maximum Gasteiger partial charge on any atom is 0.232 e. The van der Waals surface area contributed by atoms with Crippen LogP contribution >= 0.6 is 0 Å². The standard InChI is InChI=1S/C38H45NO4.C2H6/c1-4-24-43-36-26-33(18-16-27(36)2)29-19-21-32(22-20-29)38(41)39(37(40)31-11-6-5-7-12-31)34-15-8-10-28(25-34)17-23-35(42-3)30-13-9-14-30;1-2/h8,10,15-23,25-26,31,38,41H,4-7,9,11-14,24H2,1-3H3;1-2H3/b23-17+;. The van der Waals surface area contributed by atoms with Crippen LogP contribution in [0.5, 0.6) is 5.75 Å². The summed E-state index contributed by atoms with van der Waals surface area (Å²) in [6.07, 6.45) is 12.3. The van der Waals surface area contributed by atoms with Crippen molar-refractivity contribution >= 4 is 17.7 Å². The maximum absolute atomic E-state index is 14.0. The molecule has 0 heterocycles. The van der Waals surface area contributed by atoms with E-state index >= 15 is 0 Å². The highest BCUT2D eigenvalue weighted by molar-refractivity contribution is 5.96. The molecule has 5 rings (SSSR count). The molecule has 1 unspecified atom stereocenters. The monoisotopic (exact) mass is 609 g/mol. The average molecular weight is 610 g/mol. The number of aliphatic hydroxyl groups excluding tert-OH is 1. The predicted molar refractivity (Wildman–Crippen MR) is 186 cm³/mol. The Kier molecular flexibility index (Phi) is 12.9. The Morgan fingerprint density at radius 3 is 2.31 bits per heavy atom. The molecule has 0 saturated heterocycles. The van der Waals surface area contributed by atoms with E-state index in [1.807, 2.05) is 74.5 Å². The molecule has 3 aromatic carbocycles. The summed E-state index contributed by atoms with van der Waals surface area (Å²) in [5.41, 5.74) is 6.87. The molecule has 2 saturated carbocycles. The van der Waals surface area contributed by atoms with Crippen molar-refractivity contribution in [3.63, 3.8) is 0 Å². The molecular weight excluding hydrogens is 558 g/mol. The van der Waals surface area contributed by atoms with Crippen molar-refractivity contribution in [3.8, 4) is 16.9 Å². The molecule has 240 valence electrons. The molecule has 2 fully saturated rings. The van der Waals surface area contributed by atoms with Crippen molar-refractivity contribution in [2.24, 2.45) is 5.92 Å². The summed E-state index contributed by atoms with van der Waals surface area (Å²) in [5.74, 6) is 1.72. The molecule has 0 spiro atoms. The highest BCUT2D eigenvalue weighted by Crippen LogP contribution is 2.35. The van der Waals surface area contributed by atoms with Gasteiger partial charge in [-0.05, 0) is 97.6 Å². The number of amides is 1. The van der Waals surface area contributed by atoms with E-state index in [1.165, 1.54) is 12.0 Å². The smallest absolute Gasteiger partial charge is 0.232 e. The minimum atomic E-state index is -1.10. The lowest BCUT2D eigenvalue weighted by Gasteiger charge is -2.33. The number of ether oxygens (including phenoxy) is 2. The van der Waals surface area contributed by atoms with E-state index in [0.29, 0.717) is 17.9 Å². The molecule has 5 heteroatoms. The van der Waals surface area contributed by atoms with Gasteiger partial charge >= 0.3 is 0 Å². The van der Waals surface area contributed by atoms with Crippen LogP contribution in [-0.2, 0) is 9.53 Å². The molecule has 1 amide bonds. The number of anilines is 1. The van der Waals surface area contributed by atoms with Crippen molar-refractivity contribution < 1.29 is 19.4 Å². The van der Waals surface area contributed by atoms with Crippen LogP contribution in [0.15, 0.2) is 84.1 Å². The van der Waals surface area contributed by atoms with Crippen LogP contribution in [-0.4, -0.2) is 24.7 Å². The van der Waals surface area contributed by atoms with Gasteiger partial charge in [0.25, 0.3) is 0 Å². The first kappa shape index (κ1) is 34.1. The van der Waals surface area contributed by atoms with Crippen LogP contribution in [0.3, 0.4) is 0 Å². The SMILES string of the molecule is CC.CCCOc1cc(-c2ccc(C(O)N(C(=O)C3CCCCC3)c3cccc(/C=C/C(OC)=C4CCC4)c3)cc2)ccc1C. The van der Waals surface area contributed by atoms with Gasteiger partial charge in [-0.2, -0.15) is 0 Å². The van der Waals surface area contributed by atoms with Gasteiger partial charge < -0.3 is 14.6 Å². The van der Waals surface area contributed by atoms with Crippen LogP contribution in [0, 0.1) is 12.8 Å². The van der Waals surface area contributed by atoms with Crippen molar-refractivity contribution in [2.75, 3.05) is 18.6 Å². The number of allylic oxidation sites excluding steroid dienone is 2. The van der Waals surface area contributed by atoms with Gasteiger partial charge in [0, 0.05) is 17.2 Å². The molecule has 0 aliphatic heterocycles. The van der Waals surface area contributed by atoms with Gasteiger partial charge in [0.15, 0.2) is 6.23 Å². The molecule has 45 heavy (non-hydrogen) atoms. The van der Waals surface area contributed by atoms with Crippen LogP contribution in [0.1, 0.15) is 101 Å². The number of rotatable bonds is 11. The van der Waals surface area contributed by atoms with Gasteiger partial charge in [0.1, 0.15) is 11.5 Å². The molecule has 0 bridgehead atoms. The van der Waals surface area contributed by atoms with Crippen LogP contribution in [0.2, 0.25) is 0 Å². The molecule has 0 aromatic heterocycles. The Hall–Kier alpha value is -3.83. The summed E-state index contributed by atoms with van der Waals surface area (Å²) in [7, 11) is 1.71. The summed E-state index contributed by atoms with van der Waals surface area (Å²) in [5, 5.41) is 11.8. The summed E-state index contributed by atoms with van der Waals surface area (Å²) >= 11 is 0. The van der Waals surface area contributed by atoms with Gasteiger partial charge in [0.2, 0.25) is 5.91 Å². The zero-order chi connectivity index (χ0) is 32.2. The zero-order valence-corrected chi connectivity index (χ0v) is 27.9. The van der Waals surface area contributed by atoms with Gasteiger partial charge in [-0.25, -0.2) is 0 Å². The molecule has 3 aromatic rings. The fraction of sp³-hybridized carbons (Fsp3) is 0.425. The average Bonchev–Trinajstić information content (AvgIpc) is 3.07. The lowest BCUT2D eigenvalue weighted by atomic mass is 9.88. The van der Waals surface area contributed by atoms with Gasteiger partial charge in [0.05, 0.1) is 13.7 Å². The van der Waals surface area contributed by atoms with Crippen LogP contribution in [0.4, 0.5) is 5.69 Å². The second-order valence-electron chi connectivity index (χ2n) is 11.8. The second kappa shape index (κ2) is 17.0. The minimum absolute atomic E-state index is 0.0113. The summed E-state index contributed by atoms with van der Waals surface area (Å²) in [4.78, 5) is 15.6. The quantitative estimate of drug-likeness (QED) is 0.174. The Morgan fingerprint density at radius 1 is 0.956 bits per heavy atom. The Balaban J connectivity index is 0.00000226. The number of hydrogen-bond donors (Lipinski definition) is 1. The molecular formula is C40H51NO4. The highest BCUT2D eigenvalue weighted by Gasteiger charge is 2.32. The van der Waals surface area contributed by atoms with E-state index in [2.05, 4.69) is 32.0 Å². The van der Waals surface area contributed by atoms with Crippen molar-refractivity contribution in [2.45, 2.75) is 91.7 Å². The lowest BCUT2D eigenvalue weighted by Crippen LogP contribution is -2.40. The first-order valence-corrected chi connectivity index (χ1v) is 16.9. The number of methoxy groups -OCH3 is 1. The summed E-state index contributed by atoms with van der Waals surface area (Å²) in [6, 6.07) is 22.0. The van der Waals surface area contributed by atoms with Crippen molar-refractivity contribution in [1.82, 2.24) is 0 Å². The third-order valence-corrected chi connectivity index (χ3v) is 8.73. The van der Waals surface area contributed by atoms with Gasteiger partial charge in [-0.3, -0.25) is 9.69 Å². The van der Waals surface area contributed by atoms with E-state index in [-0.39, 0.29) is 11.8 Å². The molecule has 1 atom stereocenters. The van der Waals surface area contributed by atoms with Crippen molar-refractivity contribution in [3.05, 3.63) is 101 Å². The molecule has 5 nitrogen and oxygen atoms in total. The Morgan fingerprint density at radius 2 is 1.67 bits per heavy atom. The largest absolute Gasteiger partial charge is 0.497 e. The van der Waals surface area contributed by atoms with E-state index < -0.39 is 6.23 Å². The fourth-order valence-corrected chi connectivity index (χ4v) is 5.96. The number of nitrogens with zero attached hydrogens (tertiary/aromatic N) is 1. The number of benzene rings is 3. The van der Waals surface area contributed by atoms with Crippen LogP contribution in [0.25, 0.3) is 17.2 Å². The molecule has 0 radical (unpaired) electrons. The van der Waals surface area contributed by atoms with E-state index in [4.69, 9.17) is 9.47 Å². The van der Waals surface area contributed by atoms with Gasteiger partial charge in [-0.1, -0.05) is 94.6 Å². The zero-order valence-electron chi connectivity index (χ0n) is 27.9. The van der Waals surface area contributed by atoms with E-state index in [0.717, 1.165) is 85.1 Å². The first-order chi connectivity index (χ1) is 22.0. The van der Waals surface area contributed by atoms with Crippen LogP contribution < -0.4 is 9.64 Å². The van der Waals surface area contributed by atoms with Gasteiger partial charge in [-0.15, -0.1) is 0 Å². The Labute approximate surface area is 270 Å². The number of carbonyl (C=O) groups excluding carboxylic acids is 1. The summed E-state index contributed by atoms with van der Waals surface area (Å²) in [6.45, 7) is 8.84. The first-order valence-electron chi connectivity index (χ1n) is 16.9. The topological polar surface area (TPSA) is 59.0 Å². The molecule has 2 aliphatic rings. The van der Waals surface area contributed by atoms with Crippen molar-refractivity contribution in [1.29, 1.82) is 0 Å². The fourth-order valence-electron chi connectivity index (χ4n) is 5.96. The Bertz CT molecular complexity index is 1440. The number of aliphatic hydroxyl groups is 1.